The van der Waals surface area contributed by atoms with Crippen molar-refractivity contribution >= 4 is 29.1 Å². The molecule has 1 aromatic carbocycles. The molecule has 31 heavy (non-hydrogen) atoms. The molecular weight excluding hydrogens is 410 g/mol. The maximum absolute atomic E-state index is 13.4. The first-order valence-electron chi connectivity index (χ1n) is 10.4. The average molecular weight is 434 g/mol. The van der Waals surface area contributed by atoms with Gasteiger partial charge in [0.25, 0.3) is 5.91 Å². The zero-order valence-electron chi connectivity index (χ0n) is 17.5. The number of ketones is 1. The molecule has 2 aliphatic rings. The van der Waals surface area contributed by atoms with Crippen molar-refractivity contribution in [3.8, 4) is 5.69 Å². The number of imide groups is 1. The summed E-state index contributed by atoms with van der Waals surface area (Å²) < 4.78 is 2.01. The number of nitrogens with zero attached hydrogens (tertiary/aromatic N) is 2. The number of amides is 3. The van der Waals surface area contributed by atoms with Crippen LogP contribution in [0.2, 0.25) is 0 Å². The van der Waals surface area contributed by atoms with Gasteiger partial charge in [-0.3, -0.25) is 14.5 Å². The summed E-state index contributed by atoms with van der Waals surface area (Å²) >= 11 is 1.61. The van der Waals surface area contributed by atoms with E-state index < -0.39 is 11.6 Å². The molecular formula is C24H23N3O3S. The van der Waals surface area contributed by atoms with Crippen LogP contribution in [0.15, 0.2) is 47.8 Å². The Bertz CT molecular complexity index is 1210. The Kier molecular flexibility index (Phi) is 4.59. The van der Waals surface area contributed by atoms with Crippen molar-refractivity contribution in [3.05, 3.63) is 75.2 Å². The topological polar surface area (TPSA) is 71.4 Å². The lowest BCUT2D eigenvalue weighted by Gasteiger charge is -2.31. The zero-order chi connectivity index (χ0) is 21.8. The molecule has 1 saturated heterocycles. The minimum atomic E-state index is -1.02. The van der Waals surface area contributed by atoms with E-state index in [2.05, 4.69) is 5.32 Å². The molecule has 1 aliphatic carbocycles. The lowest BCUT2D eigenvalue weighted by Crippen LogP contribution is -2.46. The van der Waals surface area contributed by atoms with Crippen LogP contribution in [0, 0.1) is 13.8 Å². The molecule has 0 unspecified atom stereocenters. The summed E-state index contributed by atoms with van der Waals surface area (Å²) in [5.74, 6) is -0.556. The highest BCUT2D eigenvalue weighted by Gasteiger charge is 2.54. The van der Waals surface area contributed by atoms with Crippen LogP contribution in [-0.2, 0) is 16.8 Å². The van der Waals surface area contributed by atoms with Crippen molar-refractivity contribution in [2.24, 2.45) is 0 Å². The van der Waals surface area contributed by atoms with E-state index in [1.165, 1.54) is 0 Å². The Morgan fingerprint density at radius 2 is 1.94 bits per heavy atom. The van der Waals surface area contributed by atoms with Crippen molar-refractivity contribution in [3.63, 3.8) is 0 Å². The summed E-state index contributed by atoms with van der Waals surface area (Å²) in [6.07, 6.45) is 2.32. The van der Waals surface area contributed by atoms with Crippen LogP contribution in [0.3, 0.4) is 0 Å². The Morgan fingerprint density at radius 1 is 1.16 bits per heavy atom. The second kappa shape index (κ2) is 7.20. The molecule has 1 N–H and O–H groups in total. The van der Waals surface area contributed by atoms with Crippen molar-refractivity contribution in [2.75, 3.05) is 6.54 Å². The van der Waals surface area contributed by atoms with Gasteiger partial charge in [-0.05, 0) is 62.8 Å². The average Bonchev–Trinajstić information content (AvgIpc) is 3.42. The number of urea groups is 1. The number of aryl methyl sites for hydroxylation is 2. The number of hydrogen-bond donors (Lipinski definition) is 1. The van der Waals surface area contributed by atoms with Gasteiger partial charge in [0.05, 0.1) is 6.54 Å². The van der Waals surface area contributed by atoms with Gasteiger partial charge < -0.3 is 9.88 Å². The number of aromatic nitrogens is 1. The first kappa shape index (κ1) is 19.8. The van der Waals surface area contributed by atoms with Crippen LogP contribution in [0.1, 0.15) is 45.0 Å². The number of hydrogen-bond acceptors (Lipinski definition) is 4. The molecule has 0 bridgehead atoms. The molecule has 1 fully saturated rings. The molecule has 0 radical (unpaired) electrons. The van der Waals surface area contributed by atoms with Crippen LogP contribution >= 0.6 is 11.3 Å². The van der Waals surface area contributed by atoms with E-state index in [0.29, 0.717) is 12.0 Å². The molecule has 3 aromatic rings. The highest BCUT2D eigenvalue weighted by atomic mass is 32.1. The largest absolute Gasteiger partial charge is 0.325 e. The summed E-state index contributed by atoms with van der Waals surface area (Å²) in [5, 5.41) is 4.87. The number of benzene rings is 1. The summed E-state index contributed by atoms with van der Waals surface area (Å²) in [4.78, 5) is 41.6. The molecule has 3 heterocycles. The van der Waals surface area contributed by atoms with Crippen LogP contribution < -0.4 is 5.32 Å². The number of rotatable bonds is 4. The maximum Gasteiger partial charge on any atom is 0.325 e. The molecule has 6 nitrogen and oxygen atoms in total. The Morgan fingerprint density at radius 3 is 2.71 bits per heavy atom. The fourth-order valence-corrected chi connectivity index (χ4v) is 5.93. The van der Waals surface area contributed by atoms with Crippen molar-refractivity contribution in [1.82, 2.24) is 14.8 Å². The van der Waals surface area contributed by atoms with Gasteiger partial charge in [0.2, 0.25) is 0 Å². The second-order valence-corrected chi connectivity index (χ2v) is 9.22. The third-order valence-corrected chi connectivity index (χ3v) is 7.36. The predicted molar refractivity (Wildman–Crippen MR) is 119 cm³/mol. The number of para-hydroxylation sites is 1. The number of carbonyl (C=O) groups excluding carboxylic acids is 3. The van der Waals surface area contributed by atoms with Crippen molar-refractivity contribution < 1.29 is 14.4 Å². The van der Waals surface area contributed by atoms with E-state index in [1.54, 1.807) is 11.3 Å². The van der Waals surface area contributed by atoms with E-state index in [-0.39, 0.29) is 18.2 Å². The summed E-state index contributed by atoms with van der Waals surface area (Å²) in [5.41, 5.74) is 3.09. The van der Waals surface area contributed by atoms with Crippen LogP contribution in [-0.4, -0.2) is 33.7 Å². The number of fused-ring (bicyclic) bond motifs is 2. The molecule has 3 amide bonds. The normalized spacial score (nSPS) is 20.3. The first-order valence-corrected chi connectivity index (χ1v) is 11.3. The van der Waals surface area contributed by atoms with Gasteiger partial charge >= 0.3 is 6.03 Å². The fourth-order valence-electron chi connectivity index (χ4n) is 4.93. The Hall–Kier alpha value is -3.19. The molecule has 7 heteroatoms. The SMILES string of the molecule is Cc1cc(C(=O)CN2C(=O)N[C@]3(CCCc4sccc43)C2=O)c(C)n1-c1ccccc1. The van der Waals surface area contributed by atoms with Gasteiger partial charge in [0.1, 0.15) is 5.54 Å². The van der Waals surface area contributed by atoms with E-state index >= 15 is 0 Å². The third kappa shape index (κ3) is 2.95. The summed E-state index contributed by atoms with van der Waals surface area (Å²) in [7, 11) is 0. The van der Waals surface area contributed by atoms with E-state index in [4.69, 9.17) is 0 Å². The van der Waals surface area contributed by atoms with Gasteiger partial charge in [0, 0.05) is 33.1 Å². The summed E-state index contributed by atoms with van der Waals surface area (Å²) in [6, 6.07) is 13.1. The number of carbonyl (C=O) groups is 3. The lowest BCUT2D eigenvalue weighted by molar-refractivity contribution is -0.131. The highest BCUT2D eigenvalue weighted by Crippen LogP contribution is 2.42. The van der Waals surface area contributed by atoms with Crippen LogP contribution in [0.25, 0.3) is 5.69 Å². The Labute approximate surface area is 184 Å². The van der Waals surface area contributed by atoms with Crippen LogP contribution in [0.5, 0.6) is 0 Å². The Balaban J connectivity index is 1.44. The fraction of sp³-hybridized carbons (Fsp3) is 0.292. The number of thiophene rings is 1. The second-order valence-electron chi connectivity index (χ2n) is 8.22. The molecule has 0 saturated carbocycles. The third-order valence-electron chi connectivity index (χ3n) is 6.38. The quantitative estimate of drug-likeness (QED) is 0.497. The van der Waals surface area contributed by atoms with E-state index in [9.17, 15) is 14.4 Å². The van der Waals surface area contributed by atoms with Gasteiger partial charge in [-0.25, -0.2) is 4.79 Å². The van der Waals surface area contributed by atoms with E-state index in [1.807, 2.05) is 66.3 Å². The van der Waals surface area contributed by atoms with Gasteiger partial charge in [-0.1, -0.05) is 18.2 Å². The highest BCUT2D eigenvalue weighted by molar-refractivity contribution is 7.10. The minimum absolute atomic E-state index is 0.239. The van der Waals surface area contributed by atoms with Gasteiger partial charge in [0.15, 0.2) is 5.78 Å². The lowest BCUT2D eigenvalue weighted by atomic mass is 9.80. The van der Waals surface area contributed by atoms with E-state index in [0.717, 1.165) is 45.3 Å². The first-order chi connectivity index (χ1) is 14.9. The van der Waals surface area contributed by atoms with Crippen molar-refractivity contribution in [1.29, 1.82) is 0 Å². The molecule has 1 spiro atoms. The summed E-state index contributed by atoms with van der Waals surface area (Å²) in [6.45, 7) is 3.57. The van der Waals surface area contributed by atoms with Crippen LogP contribution in [0.4, 0.5) is 4.79 Å². The van der Waals surface area contributed by atoms with Gasteiger partial charge in [-0.2, -0.15) is 0 Å². The molecule has 1 aliphatic heterocycles. The predicted octanol–water partition coefficient (Wildman–Crippen LogP) is 4.12. The number of nitrogens with one attached hydrogen (secondary N) is 1. The molecule has 1 atom stereocenters. The molecule has 158 valence electrons. The van der Waals surface area contributed by atoms with Crippen molar-refractivity contribution in [2.45, 2.75) is 38.6 Å². The molecule has 5 rings (SSSR count). The smallest absolute Gasteiger partial charge is 0.319 e. The maximum atomic E-state index is 13.4. The minimum Gasteiger partial charge on any atom is -0.319 e. The molecule has 2 aromatic heterocycles. The zero-order valence-corrected chi connectivity index (χ0v) is 18.3. The number of Topliss-reactive ketones (excluding diaryl/α,β-unsaturated/α-hetero) is 1. The van der Waals surface area contributed by atoms with Gasteiger partial charge in [-0.15, -0.1) is 11.3 Å². The monoisotopic (exact) mass is 433 g/mol. The standard InChI is InChI=1S/C24H23N3O3S/c1-15-13-18(16(2)27(15)17-7-4-3-5-8-17)20(28)14-26-22(29)24(25-23(26)30)11-6-9-21-19(24)10-12-31-21/h3-5,7-8,10,12-13H,6,9,11,14H2,1-2H3,(H,25,30)/t24-/m0/s1.